The molecule has 0 aromatic heterocycles. The lowest BCUT2D eigenvalue weighted by molar-refractivity contribution is -0.144. The fraction of sp³-hybridized carbons (Fsp3) is 0.267. The minimum absolute atomic E-state index is 0.0828. The van der Waals surface area contributed by atoms with Gasteiger partial charge >= 0.3 is 23.9 Å². The number of methoxy groups -OCH3 is 1. The van der Waals surface area contributed by atoms with Crippen LogP contribution in [0.4, 0.5) is 5.69 Å². The van der Waals surface area contributed by atoms with E-state index < -0.39 is 23.9 Å². The maximum Gasteiger partial charge on any atom is 0.343 e. The van der Waals surface area contributed by atoms with Gasteiger partial charge in [0.05, 0.1) is 31.1 Å². The van der Waals surface area contributed by atoms with E-state index in [4.69, 9.17) is 14.2 Å². The van der Waals surface area contributed by atoms with E-state index in [1.807, 2.05) is 12.1 Å². The van der Waals surface area contributed by atoms with Gasteiger partial charge in [0.2, 0.25) is 0 Å². The van der Waals surface area contributed by atoms with Crippen molar-refractivity contribution in [1.29, 1.82) is 0 Å². The Kier molecular flexibility index (Phi) is 9.48. The van der Waals surface area contributed by atoms with Gasteiger partial charge < -0.3 is 28.7 Å². The van der Waals surface area contributed by atoms with Gasteiger partial charge in [-0.1, -0.05) is 0 Å². The van der Waals surface area contributed by atoms with E-state index >= 15 is 0 Å². The number of hydrogen-bond donors (Lipinski definition) is 0. The maximum absolute atomic E-state index is 12.6. The molecule has 1 saturated heterocycles. The fourth-order valence-corrected chi connectivity index (χ4v) is 3.93. The molecule has 3 aromatic rings. The summed E-state index contributed by atoms with van der Waals surface area (Å²) in [6.45, 7) is 3.92. The van der Waals surface area contributed by atoms with Gasteiger partial charge in [-0.05, 0) is 79.8 Å². The molecular weight excluding hydrogens is 516 g/mol. The summed E-state index contributed by atoms with van der Waals surface area (Å²) in [7, 11) is 3.35. The van der Waals surface area contributed by atoms with Crippen LogP contribution < -0.4 is 19.1 Å². The lowest BCUT2D eigenvalue weighted by Gasteiger charge is -2.34. The molecule has 40 heavy (non-hydrogen) atoms. The first kappa shape index (κ1) is 28.3. The number of ether oxygens (including phenoxy) is 4. The third-order valence-electron chi connectivity index (χ3n) is 6.30. The summed E-state index contributed by atoms with van der Waals surface area (Å²) in [5, 5.41) is 0. The van der Waals surface area contributed by atoms with Crippen LogP contribution in [0.2, 0.25) is 0 Å². The monoisotopic (exact) mass is 546 g/mol. The number of carbonyl (C=O) groups is 4. The van der Waals surface area contributed by atoms with Crippen LogP contribution in [0.15, 0.2) is 72.8 Å². The SMILES string of the molecule is COC(=O)CCC(=O)Oc1ccc(C(=O)Oc2ccc(C(=O)Oc3ccc(N4CCN(C)CC4)cc3)cc2)cc1. The molecule has 0 amide bonds. The van der Waals surface area contributed by atoms with Crippen LogP contribution in [0.5, 0.6) is 17.2 Å². The number of piperazine rings is 1. The van der Waals surface area contributed by atoms with E-state index in [0.717, 1.165) is 31.9 Å². The summed E-state index contributed by atoms with van der Waals surface area (Å²) >= 11 is 0. The molecule has 1 heterocycles. The predicted molar refractivity (Wildman–Crippen MR) is 146 cm³/mol. The minimum Gasteiger partial charge on any atom is -0.469 e. The van der Waals surface area contributed by atoms with Crippen LogP contribution in [0.25, 0.3) is 0 Å². The molecule has 1 aliphatic heterocycles. The van der Waals surface area contributed by atoms with Crippen LogP contribution in [0.3, 0.4) is 0 Å². The van der Waals surface area contributed by atoms with E-state index in [2.05, 4.69) is 21.6 Å². The van der Waals surface area contributed by atoms with Gasteiger partial charge in [0, 0.05) is 31.9 Å². The Morgan fingerprint density at radius 3 is 1.50 bits per heavy atom. The first-order chi connectivity index (χ1) is 19.3. The Balaban J connectivity index is 1.26. The van der Waals surface area contributed by atoms with Gasteiger partial charge in [-0.3, -0.25) is 9.59 Å². The number of anilines is 1. The average Bonchev–Trinajstić information content (AvgIpc) is 2.97. The van der Waals surface area contributed by atoms with E-state index in [-0.39, 0.29) is 29.9 Å². The lowest BCUT2D eigenvalue weighted by Crippen LogP contribution is -2.44. The highest BCUT2D eigenvalue weighted by Crippen LogP contribution is 2.22. The number of likely N-dealkylation sites (N-methyl/N-ethyl adjacent to an activating group) is 1. The molecular formula is C30H30N2O8. The Bertz CT molecular complexity index is 1330. The lowest BCUT2D eigenvalue weighted by atomic mass is 10.2. The van der Waals surface area contributed by atoms with Crippen molar-refractivity contribution in [3.8, 4) is 17.2 Å². The predicted octanol–water partition coefficient (Wildman–Crippen LogP) is 3.74. The molecule has 0 N–H and O–H groups in total. The average molecular weight is 547 g/mol. The molecule has 4 rings (SSSR count). The maximum atomic E-state index is 12.6. The van der Waals surface area contributed by atoms with Crippen LogP contribution in [0, 0.1) is 0 Å². The molecule has 3 aromatic carbocycles. The van der Waals surface area contributed by atoms with Crippen molar-refractivity contribution >= 4 is 29.6 Å². The highest BCUT2D eigenvalue weighted by molar-refractivity contribution is 5.93. The second-order valence-corrected chi connectivity index (χ2v) is 9.16. The Morgan fingerprint density at radius 2 is 1.02 bits per heavy atom. The molecule has 1 fully saturated rings. The number of carbonyl (C=O) groups excluding carboxylic acids is 4. The molecule has 0 radical (unpaired) electrons. The molecule has 0 unspecified atom stereocenters. The van der Waals surface area contributed by atoms with Crippen molar-refractivity contribution in [2.75, 3.05) is 45.2 Å². The molecule has 0 saturated carbocycles. The molecule has 208 valence electrons. The van der Waals surface area contributed by atoms with Gasteiger partial charge in [0.15, 0.2) is 0 Å². The topological polar surface area (TPSA) is 112 Å². The summed E-state index contributed by atoms with van der Waals surface area (Å²) < 4.78 is 20.5. The summed E-state index contributed by atoms with van der Waals surface area (Å²) in [5.74, 6) is -1.34. The number of benzene rings is 3. The van der Waals surface area contributed by atoms with Crippen LogP contribution >= 0.6 is 0 Å². The van der Waals surface area contributed by atoms with Crippen molar-refractivity contribution in [2.24, 2.45) is 0 Å². The van der Waals surface area contributed by atoms with Gasteiger partial charge in [0.1, 0.15) is 17.2 Å². The van der Waals surface area contributed by atoms with Crippen LogP contribution in [-0.2, 0) is 14.3 Å². The molecule has 10 nitrogen and oxygen atoms in total. The second kappa shape index (κ2) is 13.4. The largest absolute Gasteiger partial charge is 0.469 e. The van der Waals surface area contributed by atoms with Crippen molar-refractivity contribution in [3.05, 3.63) is 83.9 Å². The minimum atomic E-state index is -0.626. The first-order valence-corrected chi connectivity index (χ1v) is 12.8. The normalized spacial score (nSPS) is 13.3. The number of esters is 4. The highest BCUT2D eigenvalue weighted by Gasteiger charge is 2.16. The Hall–Kier alpha value is -4.70. The van der Waals surface area contributed by atoms with Crippen LogP contribution in [0.1, 0.15) is 33.6 Å². The summed E-state index contributed by atoms with van der Waals surface area (Å²) in [6, 6.07) is 19.3. The van der Waals surface area contributed by atoms with Crippen molar-refractivity contribution < 1.29 is 38.1 Å². The van der Waals surface area contributed by atoms with Gasteiger partial charge in [-0.15, -0.1) is 0 Å². The zero-order valence-corrected chi connectivity index (χ0v) is 22.3. The molecule has 0 atom stereocenters. The van der Waals surface area contributed by atoms with E-state index in [1.165, 1.54) is 55.6 Å². The van der Waals surface area contributed by atoms with E-state index in [1.54, 1.807) is 12.1 Å². The number of rotatable bonds is 9. The molecule has 1 aliphatic rings. The smallest absolute Gasteiger partial charge is 0.343 e. The molecule has 0 bridgehead atoms. The first-order valence-electron chi connectivity index (χ1n) is 12.8. The Labute approximate surface area is 232 Å². The van der Waals surface area contributed by atoms with E-state index in [0.29, 0.717) is 11.3 Å². The zero-order valence-electron chi connectivity index (χ0n) is 22.3. The standard InChI is InChI=1S/C30H30N2O8/c1-31-17-19-32(20-18-31)23-7-13-26(14-8-23)40-30(36)22-5-11-25(12-6-22)39-29(35)21-3-9-24(10-4-21)38-28(34)16-15-27(33)37-2/h3-14H,15-20H2,1-2H3. The quantitative estimate of drug-likeness (QED) is 0.291. The molecule has 0 aliphatic carbocycles. The van der Waals surface area contributed by atoms with E-state index in [9.17, 15) is 19.2 Å². The van der Waals surface area contributed by atoms with Crippen LogP contribution in [-0.4, -0.2) is 69.1 Å². The van der Waals surface area contributed by atoms with Crippen molar-refractivity contribution in [2.45, 2.75) is 12.8 Å². The third kappa shape index (κ3) is 7.90. The number of hydrogen-bond acceptors (Lipinski definition) is 10. The Morgan fingerprint density at radius 1 is 0.600 bits per heavy atom. The van der Waals surface area contributed by atoms with Gasteiger partial charge in [0.25, 0.3) is 0 Å². The molecule has 0 spiro atoms. The third-order valence-corrected chi connectivity index (χ3v) is 6.30. The zero-order chi connectivity index (χ0) is 28.5. The second-order valence-electron chi connectivity index (χ2n) is 9.16. The summed E-state index contributed by atoms with van der Waals surface area (Å²) in [5.41, 5.74) is 1.63. The summed E-state index contributed by atoms with van der Waals surface area (Å²) in [6.07, 6.45) is -0.205. The van der Waals surface area contributed by atoms with Gasteiger partial charge in [-0.25, -0.2) is 9.59 Å². The highest BCUT2D eigenvalue weighted by atomic mass is 16.5. The van der Waals surface area contributed by atoms with Crippen molar-refractivity contribution in [3.63, 3.8) is 0 Å². The fourth-order valence-electron chi connectivity index (χ4n) is 3.93. The molecule has 10 heteroatoms. The summed E-state index contributed by atoms with van der Waals surface area (Å²) in [4.78, 5) is 52.6. The van der Waals surface area contributed by atoms with Crippen molar-refractivity contribution in [1.82, 2.24) is 4.90 Å². The van der Waals surface area contributed by atoms with Gasteiger partial charge in [-0.2, -0.15) is 0 Å². The number of nitrogens with zero attached hydrogens (tertiary/aromatic N) is 2.